The highest BCUT2D eigenvalue weighted by Crippen LogP contribution is 2.19. The van der Waals surface area contributed by atoms with E-state index < -0.39 is 0 Å². The smallest absolute Gasteiger partial charge is 0.173 e. The summed E-state index contributed by atoms with van der Waals surface area (Å²) in [6.07, 6.45) is 1.97. The van der Waals surface area contributed by atoms with E-state index in [-0.39, 0.29) is 0 Å². The summed E-state index contributed by atoms with van der Waals surface area (Å²) in [4.78, 5) is 1.95. The van der Waals surface area contributed by atoms with Gasteiger partial charge < -0.3 is 15.0 Å². The predicted octanol–water partition coefficient (Wildman–Crippen LogP) is 3.50. The number of thiocarbonyl (C=S) groups is 1. The van der Waals surface area contributed by atoms with E-state index >= 15 is 0 Å². The lowest BCUT2D eigenvalue weighted by molar-refractivity contribution is 0.415. The topological polar surface area (TPSA) is 42.3 Å². The molecule has 0 aliphatic carbocycles. The van der Waals surface area contributed by atoms with Crippen LogP contribution in [0.2, 0.25) is 0 Å². The van der Waals surface area contributed by atoms with Gasteiger partial charge in [0.15, 0.2) is 5.11 Å². The molecule has 0 amide bonds. The van der Waals surface area contributed by atoms with Gasteiger partial charge in [-0.1, -0.05) is 6.07 Å². The summed E-state index contributed by atoms with van der Waals surface area (Å²) in [6, 6.07) is 7.67. The molecule has 0 bridgehead atoms. The van der Waals surface area contributed by atoms with E-state index in [2.05, 4.69) is 33.3 Å². The van der Waals surface area contributed by atoms with Gasteiger partial charge in [0.1, 0.15) is 5.75 Å². The van der Waals surface area contributed by atoms with Crippen molar-refractivity contribution in [1.29, 1.82) is 0 Å². The number of benzene rings is 1. The predicted molar refractivity (Wildman–Crippen MR) is 96.3 cm³/mol. The molecular weight excluding hydrogens is 364 g/mol. The average Bonchev–Trinajstić information content (AvgIpc) is 2.87. The Morgan fingerprint density at radius 2 is 2.27 bits per heavy atom. The third-order valence-electron chi connectivity index (χ3n) is 3.17. The molecule has 0 fully saturated rings. The Morgan fingerprint density at radius 1 is 1.50 bits per heavy atom. The molecule has 1 aromatic carbocycles. The number of aromatic nitrogens is 2. The minimum Gasteiger partial charge on any atom is -0.497 e. The van der Waals surface area contributed by atoms with Gasteiger partial charge in [-0.2, -0.15) is 5.10 Å². The Bertz CT molecular complexity index is 659. The highest BCUT2D eigenvalue weighted by Gasteiger charge is 2.11. The van der Waals surface area contributed by atoms with Crippen molar-refractivity contribution in [3.8, 4) is 5.75 Å². The molecule has 0 radical (unpaired) electrons. The van der Waals surface area contributed by atoms with Crippen LogP contribution in [0.25, 0.3) is 0 Å². The summed E-state index contributed by atoms with van der Waals surface area (Å²) in [6.45, 7) is 3.53. The highest BCUT2D eigenvalue weighted by molar-refractivity contribution is 9.10. The molecule has 0 aliphatic heterocycles. The summed E-state index contributed by atoms with van der Waals surface area (Å²) >= 11 is 8.97. The lowest BCUT2D eigenvalue weighted by atomic mass is 10.3. The molecule has 2 rings (SSSR count). The second kappa shape index (κ2) is 7.60. The maximum Gasteiger partial charge on any atom is 0.173 e. The van der Waals surface area contributed by atoms with Crippen molar-refractivity contribution in [3.63, 3.8) is 0 Å². The first-order chi connectivity index (χ1) is 10.5. The van der Waals surface area contributed by atoms with Gasteiger partial charge in [-0.05, 0) is 47.2 Å². The van der Waals surface area contributed by atoms with Gasteiger partial charge in [0, 0.05) is 31.5 Å². The molecule has 118 valence electrons. The number of ether oxygens (including phenoxy) is 1. The summed E-state index contributed by atoms with van der Waals surface area (Å²) in [5.74, 6) is 0.792. The Balaban J connectivity index is 2.00. The number of hydrogen-bond donors (Lipinski definition) is 1. The number of hydrogen-bond acceptors (Lipinski definition) is 3. The van der Waals surface area contributed by atoms with Crippen LogP contribution in [0, 0.1) is 0 Å². The van der Waals surface area contributed by atoms with Crippen LogP contribution in [0.3, 0.4) is 0 Å². The summed E-state index contributed by atoms with van der Waals surface area (Å²) < 4.78 is 8.09. The van der Waals surface area contributed by atoms with Crippen LogP contribution >= 0.6 is 28.1 Å². The summed E-state index contributed by atoms with van der Waals surface area (Å²) in [5.41, 5.74) is 1.86. The normalized spacial score (nSPS) is 10.4. The fourth-order valence-corrected chi connectivity index (χ4v) is 2.55. The summed E-state index contributed by atoms with van der Waals surface area (Å²) in [5, 5.41) is 8.34. The van der Waals surface area contributed by atoms with E-state index in [1.54, 1.807) is 7.11 Å². The number of halogens is 1. The molecule has 1 heterocycles. The second-order valence-electron chi connectivity index (χ2n) is 4.80. The van der Waals surface area contributed by atoms with E-state index in [1.807, 2.05) is 47.1 Å². The van der Waals surface area contributed by atoms with Crippen LogP contribution in [0.15, 0.2) is 34.9 Å². The first-order valence-electron chi connectivity index (χ1n) is 6.91. The molecule has 1 aromatic heterocycles. The molecule has 0 atom stereocenters. The lowest BCUT2D eigenvalue weighted by Gasteiger charge is -2.20. The largest absolute Gasteiger partial charge is 0.497 e. The van der Waals surface area contributed by atoms with Gasteiger partial charge in [0.05, 0.1) is 23.8 Å². The molecule has 22 heavy (non-hydrogen) atoms. The Kier molecular flexibility index (Phi) is 5.79. The third-order valence-corrected chi connectivity index (χ3v) is 4.24. The van der Waals surface area contributed by atoms with Crippen LogP contribution in [-0.2, 0) is 13.1 Å². The van der Waals surface area contributed by atoms with Gasteiger partial charge >= 0.3 is 0 Å². The Hall–Kier alpha value is -1.60. The van der Waals surface area contributed by atoms with Crippen LogP contribution in [0.4, 0.5) is 5.69 Å². The van der Waals surface area contributed by atoms with E-state index in [0.717, 1.165) is 28.1 Å². The standard InChI is InChI=1S/C15H19BrN4OS/c1-4-20-9-13(16)14(18-20)10-19(2)15(22)17-11-6-5-7-12(8-11)21-3/h5-9H,4,10H2,1-3H3,(H,17,22). The van der Waals surface area contributed by atoms with Crippen LogP contribution in [-0.4, -0.2) is 34.0 Å². The number of nitrogens with zero attached hydrogens (tertiary/aromatic N) is 3. The molecule has 7 heteroatoms. The average molecular weight is 383 g/mol. The number of nitrogens with one attached hydrogen (secondary N) is 1. The molecule has 0 saturated carbocycles. The third kappa shape index (κ3) is 4.20. The monoisotopic (exact) mass is 382 g/mol. The molecule has 0 aliphatic rings. The van der Waals surface area contributed by atoms with Crippen molar-refractivity contribution in [2.45, 2.75) is 20.0 Å². The molecule has 0 saturated heterocycles. The Labute approximate surface area is 144 Å². The van der Waals surface area contributed by atoms with Crippen molar-refractivity contribution in [3.05, 3.63) is 40.6 Å². The number of aryl methyl sites for hydroxylation is 1. The zero-order chi connectivity index (χ0) is 16.1. The fraction of sp³-hybridized carbons (Fsp3) is 0.333. The van der Waals surface area contributed by atoms with Gasteiger partial charge in [0.2, 0.25) is 0 Å². The Morgan fingerprint density at radius 3 is 2.91 bits per heavy atom. The van der Waals surface area contributed by atoms with Gasteiger partial charge in [-0.3, -0.25) is 4.68 Å². The van der Waals surface area contributed by atoms with Crippen LogP contribution < -0.4 is 10.1 Å². The highest BCUT2D eigenvalue weighted by atomic mass is 79.9. The zero-order valence-corrected chi connectivity index (χ0v) is 15.2. The van der Waals surface area contributed by atoms with Crippen molar-refractivity contribution >= 4 is 38.9 Å². The van der Waals surface area contributed by atoms with E-state index in [4.69, 9.17) is 17.0 Å². The molecule has 0 spiro atoms. The van der Waals surface area contributed by atoms with E-state index in [9.17, 15) is 0 Å². The van der Waals surface area contributed by atoms with Crippen molar-refractivity contribution in [1.82, 2.24) is 14.7 Å². The maximum atomic E-state index is 5.44. The van der Waals surface area contributed by atoms with Crippen molar-refractivity contribution < 1.29 is 4.74 Å². The van der Waals surface area contributed by atoms with Gasteiger partial charge in [-0.25, -0.2) is 0 Å². The van der Waals surface area contributed by atoms with E-state index in [1.165, 1.54) is 0 Å². The quantitative estimate of drug-likeness (QED) is 0.801. The zero-order valence-electron chi connectivity index (χ0n) is 12.8. The molecule has 5 nitrogen and oxygen atoms in total. The molecule has 1 N–H and O–H groups in total. The molecular formula is C15H19BrN4OS. The second-order valence-corrected chi connectivity index (χ2v) is 6.04. The fourth-order valence-electron chi connectivity index (χ4n) is 1.92. The van der Waals surface area contributed by atoms with Crippen molar-refractivity contribution in [2.75, 3.05) is 19.5 Å². The number of methoxy groups -OCH3 is 1. The summed E-state index contributed by atoms with van der Waals surface area (Å²) in [7, 11) is 3.58. The maximum absolute atomic E-state index is 5.44. The minimum atomic E-state index is 0.628. The lowest BCUT2D eigenvalue weighted by Crippen LogP contribution is -2.30. The molecule has 0 unspecified atom stereocenters. The van der Waals surface area contributed by atoms with Gasteiger partial charge in [-0.15, -0.1) is 0 Å². The first-order valence-corrected chi connectivity index (χ1v) is 8.11. The van der Waals surface area contributed by atoms with Gasteiger partial charge in [0.25, 0.3) is 0 Å². The number of anilines is 1. The first kappa shape index (κ1) is 16.8. The van der Waals surface area contributed by atoms with Crippen LogP contribution in [0.5, 0.6) is 5.75 Å². The van der Waals surface area contributed by atoms with Crippen LogP contribution in [0.1, 0.15) is 12.6 Å². The van der Waals surface area contributed by atoms with E-state index in [0.29, 0.717) is 11.7 Å². The minimum absolute atomic E-state index is 0.628. The SMILES string of the molecule is CCn1cc(Br)c(CN(C)C(=S)Nc2cccc(OC)c2)n1. The van der Waals surface area contributed by atoms with Crippen molar-refractivity contribution in [2.24, 2.45) is 0 Å². The number of rotatable bonds is 5. The molecule has 2 aromatic rings.